The van der Waals surface area contributed by atoms with Crippen LogP contribution in [-0.4, -0.2) is 28.4 Å². The summed E-state index contributed by atoms with van der Waals surface area (Å²) in [5, 5.41) is 12.4. The average Bonchev–Trinajstić information content (AvgIpc) is 3.45. The van der Waals surface area contributed by atoms with Gasteiger partial charge in [0.2, 0.25) is 0 Å². The van der Waals surface area contributed by atoms with E-state index in [1.165, 1.54) is 4.90 Å². The predicted molar refractivity (Wildman–Crippen MR) is 150 cm³/mol. The lowest BCUT2D eigenvalue weighted by molar-refractivity contribution is -0.132. The van der Waals surface area contributed by atoms with Gasteiger partial charge in [0.05, 0.1) is 18.2 Å². The fraction of sp³-hybridized carbons (Fsp3) is 0.250. The van der Waals surface area contributed by atoms with E-state index in [9.17, 15) is 14.7 Å². The van der Waals surface area contributed by atoms with Crippen molar-refractivity contribution in [3.05, 3.63) is 101 Å². The number of ether oxygens (including phenoxy) is 1. The molecule has 6 heteroatoms. The molecule has 4 aromatic rings. The zero-order valence-electron chi connectivity index (χ0n) is 22.1. The molecule has 1 aliphatic heterocycles. The number of nitrogens with zero attached hydrogens (tertiary/aromatic N) is 1. The number of nitrogens with one attached hydrogen (secondary N) is 1. The number of hydrogen-bond acceptors (Lipinski definition) is 4. The summed E-state index contributed by atoms with van der Waals surface area (Å²) in [5.41, 5.74) is 3.86. The van der Waals surface area contributed by atoms with Crippen molar-refractivity contribution in [2.75, 3.05) is 11.5 Å². The van der Waals surface area contributed by atoms with Gasteiger partial charge in [-0.15, -0.1) is 0 Å². The Morgan fingerprint density at radius 3 is 2.29 bits per heavy atom. The number of ketones is 1. The molecule has 6 nitrogen and oxygen atoms in total. The molecule has 38 heavy (non-hydrogen) atoms. The number of carbonyl (C=O) groups is 2. The Labute approximate surface area is 222 Å². The first-order valence-corrected chi connectivity index (χ1v) is 13.0. The lowest BCUT2D eigenvalue weighted by atomic mass is 9.94. The molecule has 0 bridgehead atoms. The number of amides is 1. The minimum atomic E-state index is -0.798. The number of carbonyl (C=O) groups excluding carboxylic acids is 2. The summed E-state index contributed by atoms with van der Waals surface area (Å²) in [6, 6.07) is 21.6. The first-order valence-electron chi connectivity index (χ1n) is 13.0. The van der Waals surface area contributed by atoms with Gasteiger partial charge in [-0.2, -0.15) is 0 Å². The minimum Gasteiger partial charge on any atom is -0.507 e. The van der Waals surface area contributed by atoms with Crippen LogP contribution in [0.4, 0.5) is 5.69 Å². The molecule has 0 radical (unpaired) electrons. The van der Waals surface area contributed by atoms with Gasteiger partial charge < -0.3 is 14.8 Å². The summed E-state index contributed by atoms with van der Waals surface area (Å²) in [6.07, 6.45) is 1.81. The molecule has 0 spiro atoms. The Bertz CT molecular complexity index is 1510. The standard InChI is InChI=1S/C32H32N2O4/c1-19(2)18-38-24-15-11-22(12-16-24)30(35)28-29(26-17-33-27-8-6-5-7-25(26)27)34(32(37)31(28)36)23-13-9-21(10-14-23)20(3)4/h5-17,19-20,29,33,35H,18H2,1-4H3/b30-28+. The van der Waals surface area contributed by atoms with Crippen LogP contribution in [0.3, 0.4) is 0 Å². The molecule has 2 heterocycles. The van der Waals surface area contributed by atoms with E-state index in [-0.39, 0.29) is 11.3 Å². The van der Waals surface area contributed by atoms with Crippen LogP contribution in [0, 0.1) is 5.92 Å². The number of aliphatic hydroxyl groups excluding tert-OH is 1. The van der Waals surface area contributed by atoms with E-state index in [2.05, 4.69) is 32.7 Å². The van der Waals surface area contributed by atoms with Crippen LogP contribution in [0.25, 0.3) is 16.7 Å². The fourth-order valence-electron chi connectivity index (χ4n) is 4.86. The first kappa shape index (κ1) is 25.3. The summed E-state index contributed by atoms with van der Waals surface area (Å²) in [4.78, 5) is 31.8. The zero-order chi connectivity index (χ0) is 27.0. The molecule has 5 rings (SSSR count). The van der Waals surface area contributed by atoms with Crippen LogP contribution in [0.1, 0.15) is 56.3 Å². The van der Waals surface area contributed by atoms with Crippen LogP contribution in [0.15, 0.2) is 84.6 Å². The number of anilines is 1. The van der Waals surface area contributed by atoms with Gasteiger partial charge in [-0.25, -0.2) is 0 Å². The van der Waals surface area contributed by atoms with Crippen LogP contribution in [0.5, 0.6) is 5.75 Å². The Morgan fingerprint density at radius 1 is 0.947 bits per heavy atom. The number of hydrogen-bond donors (Lipinski definition) is 2. The second-order valence-electron chi connectivity index (χ2n) is 10.4. The summed E-state index contributed by atoms with van der Waals surface area (Å²) in [6.45, 7) is 8.92. The quantitative estimate of drug-likeness (QED) is 0.161. The van der Waals surface area contributed by atoms with Gasteiger partial charge in [-0.05, 0) is 59.9 Å². The third-order valence-electron chi connectivity index (χ3n) is 6.91. The molecule has 1 unspecified atom stereocenters. The number of benzene rings is 3. The SMILES string of the molecule is CC(C)COc1ccc(/C(O)=C2\C(=O)C(=O)N(c3ccc(C(C)C)cc3)C2c2c[nH]c3ccccc23)cc1. The van der Waals surface area contributed by atoms with Gasteiger partial charge in [0.25, 0.3) is 11.7 Å². The van der Waals surface area contributed by atoms with Crippen molar-refractivity contribution in [2.24, 2.45) is 5.92 Å². The Morgan fingerprint density at radius 2 is 1.63 bits per heavy atom. The zero-order valence-corrected chi connectivity index (χ0v) is 22.1. The van der Waals surface area contributed by atoms with E-state index in [0.29, 0.717) is 35.4 Å². The molecule has 2 N–H and O–H groups in total. The molecule has 1 amide bonds. The van der Waals surface area contributed by atoms with Crippen molar-refractivity contribution in [1.82, 2.24) is 4.98 Å². The number of Topliss-reactive ketones (excluding diaryl/α,β-unsaturated/α-hetero) is 1. The molecule has 1 aromatic heterocycles. The summed E-state index contributed by atoms with van der Waals surface area (Å²) in [5.74, 6) is -0.215. The van der Waals surface area contributed by atoms with Crippen LogP contribution < -0.4 is 9.64 Å². The second-order valence-corrected chi connectivity index (χ2v) is 10.4. The van der Waals surface area contributed by atoms with Crippen LogP contribution in [-0.2, 0) is 9.59 Å². The number of aromatic amines is 1. The summed E-state index contributed by atoms with van der Waals surface area (Å²) in [7, 11) is 0. The van der Waals surface area contributed by atoms with Crippen molar-refractivity contribution < 1.29 is 19.4 Å². The topological polar surface area (TPSA) is 82.6 Å². The number of H-pyrrole nitrogens is 1. The maximum Gasteiger partial charge on any atom is 0.300 e. The van der Waals surface area contributed by atoms with E-state index in [0.717, 1.165) is 22.0 Å². The molecule has 1 saturated heterocycles. The monoisotopic (exact) mass is 508 g/mol. The van der Waals surface area contributed by atoms with Crippen molar-refractivity contribution in [1.29, 1.82) is 0 Å². The smallest absolute Gasteiger partial charge is 0.300 e. The summed E-state index contributed by atoms with van der Waals surface area (Å²) >= 11 is 0. The van der Waals surface area contributed by atoms with Gasteiger partial charge in [0, 0.05) is 33.9 Å². The molecular weight excluding hydrogens is 476 g/mol. The van der Waals surface area contributed by atoms with Crippen molar-refractivity contribution in [3.63, 3.8) is 0 Å². The second kappa shape index (κ2) is 10.2. The molecule has 1 atom stereocenters. The summed E-state index contributed by atoms with van der Waals surface area (Å²) < 4.78 is 5.76. The van der Waals surface area contributed by atoms with Crippen molar-refractivity contribution in [3.8, 4) is 5.75 Å². The number of rotatable bonds is 7. The van der Waals surface area contributed by atoms with Gasteiger partial charge in [0.15, 0.2) is 0 Å². The number of aromatic nitrogens is 1. The highest BCUT2D eigenvalue weighted by molar-refractivity contribution is 6.51. The van der Waals surface area contributed by atoms with Gasteiger partial charge in [0.1, 0.15) is 11.5 Å². The lowest BCUT2D eigenvalue weighted by Gasteiger charge is -2.25. The molecule has 0 saturated carbocycles. The number of fused-ring (bicyclic) bond motifs is 1. The van der Waals surface area contributed by atoms with Crippen molar-refractivity contribution in [2.45, 2.75) is 39.7 Å². The highest BCUT2D eigenvalue weighted by Crippen LogP contribution is 2.44. The Kier molecular flexibility index (Phi) is 6.81. The number of para-hydroxylation sites is 1. The normalized spacial score (nSPS) is 17.2. The van der Waals surface area contributed by atoms with E-state index in [1.54, 1.807) is 24.3 Å². The first-order chi connectivity index (χ1) is 18.3. The number of aliphatic hydroxyl groups is 1. The van der Waals surface area contributed by atoms with Gasteiger partial charge >= 0.3 is 0 Å². The predicted octanol–water partition coefficient (Wildman–Crippen LogP) is 6.95. The van der Waals surface area contributed by atoms with E-state index in [4.69, 9.17) is 4.74 Å². The Hall–Kier alpha value is -4.32. The van der Waals surface area contributed by atoms with Crippen molar-refractivity contribution >= 4 is 34.0 Å². The third-order valence-corrected chi connectivity index (χ3v) is 6.91. The van der Waals surface area contributed by atoms with Gasteiger partial charge in [-0.3, -0.25) is 14.5 Å². The molecule has 1 aliphatic rings. The highest BCUT2D eigenvalue weighted by Gasteiger charge is 2.47. The lowest BCUT2D eigenvalue weighted by Crippen LogP contribution is -2.29. The average molecular weight is 509 g/mol. The van der Waals surface area contributed by atoms with Gasteiger partial charge in [-0.1, -0.05) is 58.0 Å². The van der Waals surface area contributed by atoms with Crippen LogP contribution in [0.2, 0.25) is 0 Å². The maximum absolute atomic E-state index is 13.5. The van der Waals surface area contributed by atoms with E-state index in [1.807, 2.05) is 54.7 Å². The van der Waals surface area contributed by atoms with Crippen LogP contribution >= 0.6 is 0 Å². The maximum atomic E-state index is 13.5. The van der Waals surface area contributed by atoms with E-state index >= 15 is 0 Å². The molecule has 0 aliphatic carbocycles. The Balaban J connectivity index is 1.64. The van der Waals surface area contributed by atoms with E-state index < -0.39 is 17.7 Å². The molecular formula is C32H32N2O4. The molecule has 1 fully saturated rings. The highest BCUT2D eigenvalue weighted by atomic mass is 16.5. The minimum absolute atomic E-state index is 0.0588. The largest absolute Gasteiger partial charge is 0.507 e. The third kappa shape index (κ3) is 4.58. The fourth-order valence-corrected chi connectivity index (χ4v) is 4.86. The molecule has 194 valence electrons. The molecule has 3 aromatic carbocycles.